The normalized spacial score (nSPS) is 35.7. The fourth-order valence-corrected chi connectivity index (χ4v) is 9.91. The van der Waals surface area contributed by atoms with Crippen LogP contribution in [-0.2, 0) is 66.9 Å². The van der Waals surface area contributed by atoms with Crippen LogP contribution < -0.4 is 21.3 Å². The van der Waals surface area contributed by atoms with Crippen molar-refractivity contribution in [3.05, 3.63) is 0 Å². The van der Waals surface area contributed by atoms with Crippen molar-refractivity contribution in [1.82, 2.24) is 21.3 Å². The predicted molar refractivity (Wildman–Crippen MR) is 254 cm³/mol. The Morgan fingerprint density at radius 3 is 1.53 bits per heavy atom. The molecule has 4 aliphatic rings. The maximum atomic E-state index is 13.3. The van der Waals surface area contributed by atoms with Crippen LogP contribution in [0.25, 0.3) is 0 Å². The number of rotatable bonds is 30. The molecule has 0 aromatic carbocycles. The zero-order valence-electron chi connectivity index (χ0n) is 42.6. The highest BCUT2D eigenvalue weighted by molar-refractivity contribution is 7.80. The third-order valence-electron chi connectivity index (χ3n) is 13.4. The molecule has 430 valence electrons. The number of hydrogen-bond acceptors (Lipinski definition) is 22. The molecule has 4 heterocycles. The van der Waals surface area contributed by atoms with Crippen LogP contribution in [0, 0.1) is 0 Å². The molecule has 4 unspecified atom stereocenters. The molecule has 0 aromatic rings. The fraction of sp³-hybridized carbons (Fsp3) is 0.913. The lowest BCUT2D eigenvalue weighted by Crippen LogP contribution is -2.70. The molecule has 4 aliphatic heterocycles. The summed E-state index contributed by atoms with van der Waals surface area (Å²) in [5.41, 5.74) is 0. The van der Waals surface area contributed by atoms with Crippen molar-refractivity contribution in [2.45, 2.75) is 240 Å². The van der Waals surface area contributed by atoms with Gasteiger partial charge in [0.1, 0.15) is 79.2 Å². The minimum atomic E-state index is -5.13. The van der Waals surface area contributed by atoms with Gasteiger partial charge in [-0.25, -0.2) is 4.18 Å². The molecule has 28 heteroatoms. The predicted octanol–water partition coefficient (Wildman–Crippen LogP) is -2.86. The Kier molecular flexibility index (Phi) is 27.1. The second-order valence-corrected chi connectivity index (χ2v) is 20.5. The van der Waals surface area contributed by atoms with Gasteiger partial charge in [0.15, 0.2) is 25.2 Å². The first-order valence-electron chi connectivity index (χ1n) is 25.7. The molecule has 13 N–H and O–H groups in total. The van der Waals surface area contributed by atoms with Crippen LogP contribution in [0.2, 0.25) is 0 Å². The Bertz CT molecular complexity index is 1830. The lowest BCUT2D eigenvalue weighted by atomic mass is 9.94. The molecule has 0 radical (unpaired) electrons. The Labute approximate surface area is 431 Å². The number of unbranched alkanes of at least 4 members (excludes halogenated alkanes) is 12. The van der Waals surface area contributed by atoms with Gasteiger partial charge in [-0.15, -0.1) is 0 Å². The van der Waals surface area contributed by atoms with Crippen LogP contribution in [-0.4, -0.2) is 220 Å². The van der Waals surface area contributed by atoms with Crippen LogP contribution in [0.15, 0.2) is 0 Å². The molecular weight excluding hydrogens is 1010 g/mol. The first kappa shape index (κ1) is 63.7. The summed E-state index contributed by atoms with van der Waals surface area (Å²) in [5, 5.41) is 97.1. The van der Waals surface area contributed by atoms with Crippen molar-refractivity contribution < 1.29 is 110 Å². The van der Waals surface area contributed by atoms with Crippen LogP contribution >= 0.6 is 0 Å². The van der Waals surface area contributed by atoms with Crippen LogP contribution in [0.3, 0.4) is 0 Å². The minimum absolute atomic E-state index is 0.0938. The summed E-state index contributed by atoms with van der Waals surface area (Å²) in [4.78, 5) is 50.4. The minimum Gasteiger partial charge on any atom is -0.394 e. The van der Waals surface area contributed by atoms with Gasteiger partial charge in [-0.05, 0) is 6.42 Å². The van der Waals surface area contributed by atoms with Gasteiger partial charge in [0.2, 0.25) is 23.6 Å². The molecule has 4 rings (SSSR count). The molecule has 4 amide bonds. The van der Waals surface area contributed by atoms with Gasteiger partial charge in [-0.3, -0.25) is 23.7 Å². The number of aliphatic hydroxyl groups is 8. The molecule has 0 spiro atoms. The van der Waals surface area contributed by atoms with E-state index in [1.54, 1.807) is 0 Å². The van der Waals surface area contributed by atoms with E-state index in [2.05, 4.69) is 32.4 Å². The summed E-state index contributed by atoms with van der Waals surface area (Å²) in [7, 11) is -5.13. The zero-order valence-corrected chi connectivity index (χ0v) is 43.4. The Hall–Kier alpha value is -2.85. The Balaban J connectivity index is 1.47. The molecule has 0 bridgehead atoms. The van der Waals surface area contributed by atoms with Crippen molar-refractivity contribution in [3.63, 3.8) is 0 Å². The lowest BCUT2D eigenvalue weighted by Gasteiger charge is -2.50. The van der Waals surface area contributed by atoms with Gasteiger partial charge in [0, 0.05) is 33.6 Å². The summed E-state index contributed by atoms with van der Waals surface area (Å²) in [5.74, 6) is -2.61. The fourth-order valence-electron chi connectivity index (χ4n) is 9.60. The highest BCUT2D eigenvalue weighted by Crippen LogP contribution is 2.34. The smallest absolute Gasteiger partial charge is 0.394 e. The summed E-state index contributed by atoms with van der Waals surface area (Å²) in [6, 6.07) is -5.87. The lowest BCUT2D eigenvalue weighted by molar-refractivity contribution is -0.353. The molecule has 4 saturated heterocycles. The van der Waals surface area contributed by atoms with Gasteiger partial charge in [0.05, 0.1) is 38.6 Å². The molecule has 27 nitrogen and oxygen atoms in total. The monoisotopic (exact) mass is 1090 g/mol. The van der Waals surface area contributed by atoms with Gasteiger partial charge in [-0.1, -0.05) is 84.0 Å². The van der Waals surface area contributed by atoms with Gasteiger partial charge < -0.3 is 95.3 Å². The average molecular weight is 1090 g/mol. The van der Waals surface area contributed by atoms with E-state index >= 15 is 0 Å². The van der Waals surface area contributed by atoms with Crippen molar-refractivity contribution >= 4 is 34.0 Å². The molecule has 0 aromatic heterocycles. The van der Waals surface area contributed by atoms with Crippen molar-refractivity contribution in [1.29, 1.82) is 0 Å². The molecule has 19 atom stereocenters. The topological polar surface area (TPSA) is 406 Å². The highest BCUT2D eigenvalue weighted by Gasteiger charge is 2.55. The van der Waals surface area contributed by atoms with Crippen LogP contribution in [0.1, 0.15) is 124 Å². The quantitative estimate of drug-likeness (QED) is 0.0254. The van der Waals surface area contributed by atoms with Gasteiger partial charge in [-0.2, -0.15) is 8.42 Å². The number of amides is 4. The summed E-state index contributed by atoms with van der Waals surface area (Å²) >= 11 is 0. The number of ether oxygens (including phenoxy) is 7. The number of carbonyl (C=O) groups is 4. The van der Waals surface area contributed by atoms with Crippen molar-refractivity contribution in [3.8, 4) is 0 Å². The number of hydrogen-bond donors (Lipinski definition) is 13. The first-order valence-corrected chi connectivity index (χ1v) is 27.0. The summed E-state index contributed by atoms with van der Waals surface area (Å²) in [6.45, 7) is 1.92. The standard InChI is InChI=1S/C46H82N4O23S/c1-5-6-7-8-9-10-11-12-13-14-15-16-17-18-33(57)50-35-38(59)37(58)30(21-52)70-45(35)68-28-19-27(47-24(2)54)44(69-29(28)20-51)72-41-31(22-53)71-46(36(40(41)61)49-26(4)56)73-42-32(23-66-74(63,64)65)67-43(62)34(39(42)60)48-25(3)55/h27-32,34-46,51-53,58-62H,5-23H2,1-4H3,(H,47,54)(H,48,55)(H,49,56)(H,50,57)(H,63,64,65)/t27-,28+,29-,30-,31-,32-,34-,35+,36+,37-,38?,39?,40?,41-,42-,43?,44+,45-,46+/m1/s1. The van der Waals surface area contributed by atoms with E-state index in [4.69, 9.17) is 33.2 Å². The summed E-state index contributed by atoms with van der Waals surface area (Å²) in [6.07, 6.45) is -10.7. The van der Waals surface area contributed by atoms with E-state index in [0.717, 1.165) is 39.5 Å². The third kappa shape index (κ3) is 19.6. The van der Waals surface area contributed by atoms with Gasteiger partial charge >= 0.3 is 10.4 Å². The van der Waals surface area contributed by atoms with E-state index in [0.29, 0.717) is 6.42 Å². The summed E-state index contributed by atoms with van der Waals surface area (Å²) < 4.78 is 78.3. The van der Waals surface area contributed by atoms with Crippen molar-refractivity contribution in [2.75, 3.05) is 26.4 Å². The van der Waals surface area contributed by atoms with E-state index in [9.17, 15) is 73.0 Å². The SMILES string of the molecule is CCCCCCCCCCCCCCCC(=O)N[C@H]1C(O)[C@H](O)[C@@H](CO)O[C@H]1O[C@H]1C[C@@H](NC(C)=O)[C@H](O[C@H]2C(O)[C@H](NC(C)=O)[C@H](O[C@H]3C(O)[C@@H](NC(C)=O)C(O)O[C@@H]3COS(=O)(=O)O)O[C@@H]2CO)O[C@@H]1CO. The maximum Gasteiger partial charge on any atom is 0.397 e. The van der Waals surface area contributed by atoms with Crippen molar-refractivity contribution in [2.24, 2.45) is 0 Å². The molecule has 74 heavy (non-hydrogen) atoms. The second kappa shape index (κ2) is 31.5. The molecular formula is C46H82N4O23S. The third-order valence-corrected chi connectivity index (χ3v) is 13.8. The van der Waals surface area contributed by atoms with E-state index in [-0.39, 0.29) is 12.8 Å². The number of nitrogens with one attached hydrogen (secondary N) is 4. The van der Waals surface area contributed by atoms with Crippen LogP contribution in [0.5, 0.6) is 0 Å². The zero-order chi connectivity index (χ0) is 54.7. The maximum absolute atomic E-state index is 13.3. The Morgan fingerprint density at radius 2 is 0.986 bits per heavy atom. The van der Waals surface area contributed by atoms with Crippen LogP contribution in [0.4, 0.5) is 0 Å². The van der Waals surface area contributed by atoms with E-state index in [1.807, 2.05) is 0 Å². The van der Waals surface area contributed by atoms with E-state index < -0.39 is 177 Å². The highest BCUT2D eigenvalue weighted by atomic mass is 32.3. The number of carbonyl (C=O) groups excluding carboxylic acids is 4. The largest absolute Gasteiger partial charge is 0.397 e. The van der Waals surface area contributed by atoms with Gasteiger partial charge in [0.25, 0.3) is 0 Å². The second-order valence-electron chi connectivity index (χ2n) is 19.4. The number of aliphatic hydroxyl groups excluding tert-OH is 8. The first-order chi connectivity index (χ1) is 35.1. The molecule has 4 fully saturated rings. The average Bonchev–Trinajstić information content (AvgIpc) is 3.33. The molecule has 0 saturated carbocycles. The van der Waals surface area contributed by atoms with E-state index in [1.165, 1.54) is 58.3 Å². The Morgan fingerprint density at radius 1 is 0.527 bits per heavy atom. The molecule has 0 aliphatic carbocycles.